The van der Waals surface area contributed by atoms with Crippen LogP contribution in [-0.2, 0) is 0 Å². The number of nitrogens with one attached hydrogen (secondary N) is 1. The molecule has 4 heteroatoms. The first kappa shape index (κ1) is 9.88. The zero-order valence-electron chi connectivity index (χ0n) is 7.76. The Morgan fingerprint density at radius 1 is 1.43 bits per heavy atom. The number of rotatable bonds is 0. The van der Waals surface area contributed by atoms with E-state index in [9.17, 15) is 13.9 Å². The van der Waals surface area contributed by atoms with Crippen LogP contribution in [0, 0.1) is 17.8 Å². The summed E-state index contributed by atoms with van der Waals surface area (Å²) in [5.41, 5.74) is -0.0544. The number of halogens is 2. The molecule has 2 fully saturated rings. The minimum absolute atomic E-state index is 0.0544. The first-order chi connectivity index (χ1) is 6.62. The molecule has 2 rings (SSSR count). The highest BCUT2D eigenvalue weighted by Gasteiger charge is 2.51. The Balaban J connectivity index is 2.04. The summed E-state index contributed by atoms with van der Waals surface area (Å²) < 4.78 is 23.8. The standard InChI is InChI=1S/C10H13F2NO/c11-9(12)2-1-7-5-8(14)6-13-10(7)3-4-10/h7-9,13-14H,3-6H2. The molecule has 2 N–H and O–H groups in total. The van der Waals surface area contributed by atoms with Gasteiger partial charge in [0.2, 0.25) is 0 Å². The van der Waals surface area contributed by atoms with Gasteiger partial charge in [-0.3, -0.25) is 0 Å². The van der Waals surface area contributed by atoms with E-state index in [1.807, 2.05) is 5.92 Å². The summed E-state index contributed by atoms with van der Waals surface area (Å²) in [6.45, 7) is 0.562. The zero-order valence-corrected chi connectivity index (χ0v) is 7.76. The van der Waals surface area contributed by atoms with Crippen molar-refractivity contribution in [3.05, 3.63) is 0 Å². The number of hydrogen-bond acceptors (Lipinski definition) is 2. The zero-order chi connectivity index (χ0) is 10.2. The number of hydrogen-bond donors (Lipinski definition) is 2. The summed E-state index contributed by atoms with van der Waals surface area (Å²) in [7, 11) is 0. The molecule has 0 bridgehead atoms. The fraction of sp³-hybridized carbons (Fsp3) is 0.800. The average Bonchev–Trinajstić information content (AvgIpc) is 2.88. The maximum Gasteiger partial charge on any atom is 0.298 e. The number of alkyl halides is 2. The van der Waals surface area contributed by atoms with Crippen molar-refractivity contribution < 1.29 is 13.9 Å². The van der Waals surface area contributed by atoms with Crippen molar-refractivity contribution in [3.63, 3.8) is 0 Å². The Morgan fingerprint density at radius 3 is 2.71 bits per heavy atom. The van der Waals surface area contributed by atoms with Crippen molar-refractivity contribution in [1.82, 2.24) is 5.32 Å². The Hall–Kier alpha value is -0.660. The molecule has 1 saturated carbocycles. The van der Waals surface area contributed by atoms with Crippen LogP contribution >= 0.6 is 0 Å². The third kappa shape index (κ3) is 1.89. The summed E-state index contributed by atoms with van der Waals surface area (Å²) in [5.74, 6) is 4.37. The number of aliphatic hydroxyl groups excluding tert-OH is 1. The van der Waals surface area contributed by atoms with Gasteiger partial charge in [0.25, 0.3) is 6.43 Å². The van der Waals surface area contributed by atoms with Gasteiger partial charge in [-0.1, -0.05) is 5.92 Å². The lowest BCUT2D eigenvalue weighted by atomic mass is 9.87. The smallest absolute Gasteiger partial charge is 0.298 e. The number of β-amino-alcohol motifs (C(OH)–C–C–N with tert-alkyl or cyclic N) is 1. The van der Waals surface area contributed by atoms with Crippen LogP contribution in [0.15, 0.2) is 0 Å². The van der Waals surface area contributed by atoms with Crippen molar-refractivity contribution in [2.45, 2.75) is 37.3 Å². The van der Waals surface area contributed by atoms with Gasteiger partial charge in [-0.2, -0.15) is 8.78 Å². The van der Waals surface area contributed by atoms with E-state index in [0.29, 0.717) is 13.0 Å². The van der Waals surface area contributed by atoms with Crippen LogP contribution in [0.4, 0.5) is 8.78 Å². The summed E-state index contributed by atoms with van der Waals surface area (Å²) >= 11 is 0. The van der Waals surface area contributed by atoms with E-state index in [1.54, 1.807) is 0 Å². The number of piperidine rings is 1. The van der Waals surface area contributed by atoms with Gasteiger partial charge < -0.3 is 10.4 Å². The Kier molecular flexibility index (Phi) is 2.46. The summed E-state index contributed by atoms with van der Waals surface area (Å²) in [5, 5.41) is 12.6. The van der Waals surface area contributed by atoms with Crippen LogP contribution in [0.1, 0.15) is 19.3 Å². The molecule has 14 heavy (non-hydrogen) atoms. The second kappa shape index (κ2) is 3.48. The maximum atomic E-state index is 11.9. The average molecular weight is 201 g/mol. The second-order valence-electron chi connectivity index (χ2n) is 4.07. The van der Waals surface area contributed by atoms with E-state index >= 15 is 0 Å². The van der Waals surface area contributed by atoms with E-state index in [0.717, 1.165) is 12.8 Å². The third-order valence-electron chi connectivity index (χ3n) is 3.02. The van der Waals surface area contributed by atoms with Crippen LogP contribution in [0.3, 0.4) is 0 Å². The van der Waals surface area contributed by atoms with Crippen molar-refractivity contribution in [3.8, 4) is 11.8 Å². The SMILES string of the molecule is OC1CNC2(CC2)C(C#CC(F)F)C1. The van der Waals surface area contributed by atoms with Crippen molar-refractivity contribution in [1.29, 1.82) is 0 Å². The minimum Gasteiger partial charge on any atom is -0.392 e. The fourth-order valence-corrected chi connectivity index (χ4v) is 2.05. The van der Waals surface area contributed by atoms with Gasteiger partial charge in [0.15, 0.2) is 0 Å². The molecule has 1 spiro atoms. The number of aliphatic hydroxyl groups is 1. The predicted octanol–water partition coefficient (Wildman–Crippen LogP) is 0.758. The third-order valence-corrected chi connectivity index (χ3v) is 3.02. The molecule has 2 atom stereocenters. The Morgan fingerprint density at radius 2 is 2.14 bits per heavy atom. The molecule has 2 aliphatic rings. The van der Waals surface area contributed by atoms with E-state index in [4.69, 9.17) is 0 Å². The van der Waals surface area contributed by atoms with Gasteiger partial charge >= 0.3 is 0 Å². The van der Waals surface area contributed by atoms with Crippen molar-refractivity contribution in [2.75, 3.05) is 6.54 Å². The second-order valence-corrected chi connectivity index (χ2v) is 4.07. The Labute approximate surface area is 81.7 Å². The van der Waals surface area contributed by atoms with Gasteiger partial charge in [0.1, 0.15) is 0 Å². The van der Waals surface area contributed by atoms with Crippen molar-refractivity contribution in [2.24, 2.45) is 5.92 Å². The largest absolute Gasteiger partial charge is 0.392 e. The first-order valence-electron chi connectivity index (χ1n) is 4.85. The van der Waals surface area contributed by atoms with Crippen LogP contribution in [-0.4, -0.2) is 29.7 Å². The van der Waals surface area contributed by atoms with E-state index in [1.165, 1.54) is 0 Å². The normalized spacial score (nSPS) is 34.0. The summed E-state index contributed by atoms with van der Waals surface area (Å²) in [6, 6.07) is 0. The predicted molar refractivity (Wildman–Crippen MR) is 47.9 cm³/mol. The quantitative estimate of drug-likeness (QED) is 0.567. The highest BCUT2D eigenvalue weighted by atomic mass is 19.3. The van der Waals surface area contributed by atoms with E-state index in [-0.39, 0.29) is 11.5 Å². The fourth-order valence-electron chi connectivity index (χ4n) is 2.05. The minimum atomic E-state index is -2.56. The molecule has 1 aliphatic carbocycles. The summed E-state index contributed by atoms with van der Waals surface area (Å²) in [6.07, 6.45) is -0.514. The van der Waals surface area contributed by atoms with Crippen LogP contribution < -0.4 is 5.32 Å². The van der Waals surface area contributed by atoms with Crippen molar-refractivity contribution >= 4 is 0 Å². The molecule has 0 aromatic rings. The molecule has 2 unspecified atom stereocenters. The van der Waals surface area contributed by atoms with E-state index in [2.05, 4.69) is 11.2 Å². The molecule has 0 radical (unpaired) electrons. The molecule has 78 valence electrons. The molecule has 0 aromatic carbocycles. The van der Waals surface area contributed by atoms with Crippen LogP contribution in [0.5, 0.6) is 0 Å². The monoisotopic (exact) mass is 201 g/mol. The molecular weight excluding hydrogens is 188 g/mol. The lowest BCUT2D eigenvalue weighted by molar-refractivity contribution is 0.101. The molecular formula is C10H13F2NO. The van der Waals surface area contributed by atoms with E-state index < -0.39 is 12.5 Å². The highest BCUT2D eigenvalue weighted by Crippen LogP contribution is 2.45. The molecule has 2 nitrogen and oxygen atoms in total. The molecule has 0 aromatic heterocycles. The highest BCUT2D eigenvalue weighted by molar-refractivity contribution is 5.21. The Bertz CT molecular complexity index is 278. The van der Waals surface area contributed by atoms with Gasteiger partial charge in [-0.15, -0.1) is 0 Å². The lowest BCUT2D eigenvalue weighted by Crippen LogP contribution is -2.49. The topological polar surface area (TPSA) is 32.3 Å². The lowest BCUT2D eigenvalue weighted by Gasteiger charge is -2.32. The van der Waals surface area contributed by atoms with Crippen LogP contribution in [0.2, 0.25) is 0 Å². The van der Waals surface area contributed by atoms with Gasteiger partial charge in [0, 0.05) is 18.0 Å². The van der Waals surface area contributed by atoms with Crippen LogP contribution in [0.25, 0.3) is 0 Å². The summed E-state index contributed by atoms with van der Waals surface area (Å²) in [4.78, 5) is 0. The maximum absolute atomic E-state index is 11.9. The van der Waals surface area contributed by atoms with Gasteiger partial charge in [-0.05, 0) is 25.2 Å². The molecule has 1 aliphatic heterocycles. The van der Waals surface area contributed by atoms with Gasteiger partial charge in [0.05, 0.1) is 6.10 Å². The molecule has 0 amide bonds. The van der Waals surface area contributed by atoms with Gasteiger partial charge in [-0.25, -0.2) is 0 Å². The first-order valence-corrected chi connectivity index (χ1v) is 4.85. The molecule has 1 heterocycles. The molecule has 1 saturated heterocycles.